The number of carbonyl (C=O) groups excluding carboxylic acids is 1. The number of nitrogens with zero attached hydrogens (tertiary/aromatic N) is 1. The summed E-state index contributed by atoms with van der Waals surface area (Å²) in [5, 5.41) is 4.20. The maximum Gasteiger partial charge on any atom is 0.239 e. The van der Waals surface area contributed by atoms with Crippen molar-refractivity contribution in [2.75, 3.05) is 6.54 Å². The van der Waals surface area contributed by atoms with E-state index in [0.717, 1.165) is 19.4 Å². The van der Waals surface area contributed by atoms with Gasteiger partial charge in [-0.15, -0.1) is 0 Å². The summed E-state index contributed by atoms with van der Waals surface area (Å²) in [6.45, 7) is 2.90. The van der Waals surface area contributed by atoms with Gasteiger partial charge in [0.25, 0.3) is 0 Å². The van der Waals surface area contributed by atoms with Gasteiger partial charge in [-0.1, -0.05) is 0 Å². The number of amides is 1. The molecule has 0 spiro atoms. The highest BCUT2D eigenvalue weighted by Gasteiger charge is 2.31. The summed E-state index contributed by atoms with van der Waals surface area (Å²) < 4.78 is 0. The van der Waals surface area contributed by atoms with Crippen LogP contribution < -0.4 is 5.73 Å². The lowest BCUT2D eigenvalue weighted by atomic mass is 10.1. The number of rotatable bonds is 3. The van der Waals surface area contributed by atoms with Crippen LogP contribution in [0.5, 0.6) is 0 Å². The second-order valence-electron chi connectivity index (χ2n) is 4.11. The van der Waals surface area contributed by atoms with Gasteiger partial charge >= 0.3 is 0 Å². The van der Waals surface area contributed by atoms with Crippen LogP contribution in [0.1, 0.15) is 18.9 Å². The minimum absolute atomic E-state index is 0.109. The highest BCUT2D eigenvalue weighted by molar-refractivity contribution is 7.07. The first-order valence-electron chi connectivity index (χ1n) is 5.25. The van der Waals surface area contributed by atoms with Gasteiger partial charge in [-0.25, -0.2) is 0 Å². The summed E-state index contributed by atoms with van der Waals surface area (Å²) in [6, 6.07) is 2.11. The van der Waals surface area contributed by atoms with Gasteiger partial charge in [0.2, 0.25) is 5.91 Å². The summed E-state index contributed by atoms with van der Waals surface area (Å²) in [7, 11) is 0. The number of thiophene rings is 1. The van der Waals surface area contributed by atoms with Gasteiger partial charge in [0.05, 0.1) is 6.04 Å². The fourth-order valence-electron chi connectivity index (χ4n) is 2.02. The Balaban J connectivity index is 1.97. The third-order valence-electron chi connectivity index (χ3n) is 2.92. The molecule has 1 amide bonds. The standard InChI is InChI=1S/C11H16N2OS/c1-8(6-9-3-5-15-7-9)13-4-2-10(12)11(13)14/h3,5,7-8,10H,2,4,6,12H2,1H3. The molecule has 0 aliphatic carbocycles. The fourth-order valence-corrected chi connectivity index (χ4v) is 2.70. The zero-order valence-electron chi connectivity index (χ0n) is 8.85. The number of carbonyl (C=O) groups is 1. The lowest BCUT2D eigenvalue weighted by Gasteiger charge is -2.24. The van der Waals surface area contributed by atoms with Crippen LogP contribution in [0.15, 0.2) is 16.8 Å². The van der Waals surface area contributed by atoms with Crippen molar-refractivity contribution in [3.63, 3.8) is 0 Å². The van der Waals surface area contributed by atoms with Crippen LogP contribution in [0.25, 0.3) is 0 Å². The smallest absolute Gasteiger partial charge is 0.239 e. The molecule has 0 bridgehead atoms. The second kappa shape index (κ2) is 4.33. The highest BCUT2D eigenvalue weighted by atomic mass is 32.1. The molecule has 2 rings (SSSR count). The largest absolute Gasteiger partial charge is 0.338 e. The molecule has 82 valence electrons. The Bertz CT molecular complexity index is 336. The van der Waals surface area contributed by atoms with Gasteiger partial charge in [-0.05, 0) is 42.2 Å². The molecule has 3 nitrogen and oxygen atoms in total. The molecule has 1 aromatic heterocycles. The molecule has 2 atom stereocenters. The van der Waals surface area contributed by atoms with Crippen LogP contribution in [0.2, 0.25) is 0 Å². The van der Waals surface area contributed by atoms with E-state index >= 15 is 0 Å². The van der Waals surface area contributed by atoms with E-state index in [-0.39, 0.29) is 18.0 Å². The second-order valence-corrected chi connectivity index (χ2v) is 4.89. The van der Waals surface area contributed by atoms with Crippen molar-refractivity contribution in [2.45, 2.75) is 31.8 Å². The van der Waals surface area contributed by atoms with Crippen molar-refractivity contribution in [1.82, 2.24) is 4.90 Å². The zero-order chi connectivity index (χ0) is 10.8. The van der Waals surface area contributed by atoms with E-state index in [1.54, 1.807) is 11.3 Å². The lowest BCUT2D eigenvalue weighted by molar-refractivity contribution is -0.130. The average molecular weight is 224 g/mol. The highest BCUT2D eigenvalue weighted by Crippen LogP contribution is 2.17. The summed E-state index contributed by atoms with van der Waals surface area (Å²) in [5.41, 5.74) is 7.00. The molecule has 2 heterocycles. The van der Waals surface area contributed by atoms with Crippen molar-refractivity contribution in [2.24, 2.45) is 5.73 Å². The molecule has 1 aliphatic rings. The Hall–Kier alpha value is -0.870. The molecule has 1 fully saturated rings. The minimum Gasteiger partial charge on any atom is -0.338 e. The van der Waals surface area contributed by atoms with E-state index in [1.807, 2.05) is 4.90 Å². The van der Waals surface area contributed by atoms with E-state index in [1.165, 1.54) is 5.56 Å². The normalized spacial score (nSPS) is 23.5. The molecule has 0 radical (unpaired) electrons. The van der Waals surface area contributed by atoms with Crippen LogP contribution in [-0.4, -0.2) is 29.4 Å². The Morgan fingerprint density at radius 1 is 1.73 bits per heavy atom. The molecule has 1 saturated heterocycles. The molecule has 15 heavy (non-hydrogen) atoms. The number of hydrogen-bond acceptors (Lipinski definition) is 3. The van der Waals surface area contributed by atoms with Gasteiger partial charge in [-0.3, -0.25) is 4.79 Å². The third-order valence-corrected chi connectivity index (χ3v) is 3.66. The van der Waals surface area contributed by atoms with Gasteiger partial charge in [0.15, 0.2) is 0 Å². The Kier molecular flexibility index (Phi) is 3.07. The maximum atomic E-state index is 11.7. The SMILES string of the molecule is CC(Cc1ccsc1)N1CCC(N)C1=O. The minimum atomic E-state index is -0.269. The lowest BCUT2D eigenvalue weighted by Crippen LogP contribution is -2.40. The topological polar surface area (TPSA) is 46.3 Å². The molecule has 0 saturated carbocycles. The molecule has 2 N–H and O–H groups in total. The fraction of sp³-hybridized carbons (Fsp3) is 0.545. The molecule has 0 aromatic carbocycles. The molecular weight excluding hydrogens is 208 g/mol. The van der Waals surface area contributed by atoms with E-state index in [4.69, 9.17) is 5.73 Å². The van der Waals surface area contributed by atoms with Crippen LogP contribution in [0, 0.1) is 0 Å². The van der Waals surface area contributed by atoms with Gasteiger partial charge in [0, 0.05) is 12.6 Å². The van der Waals surface area contributed by atoms with Crippen molar-refractivity contribution >= 4 is 17.2 Å². The Labute approximate surface area is 93.9 Å². The van der Waals surface area contributed by atoms with Crippen molar-refractivity contribution < 1.29 is 4.79 Å². The predicted octanol–water partition coefficient (Wildman–Crippen LogP) is 1.24. The van der Waals surface area contributed by atoms with Crippen molar-refractivity contribution in [1.29, 1.82) is 0 Å². The van der Waals surface area contributed by atoms with E-state index in [2.05, 4.69) is 23.8 Å². The van der Waals surface area contributed by atoms with Crippen molar-refractivity contribution in [3.8, 4) is 0 Å². The number of nitrogens with two attached hydrogens (primary N) is 1. The predicted molar refractivity (Wildman–Crippen MR) is 61.8 cm³/mol. The van der Waals surface area contributed by atoms with Crippen LogP contribution in [0.3, 0.4) is 0 Å². The van der Waals surface area contributed by atoms with Crippen LogP contribution >= 0.6 is 11.3 Å². The summed E-state index contributed by atoms with van der Waals surface area (Å²) in [6.07, 6.45) is 1.73. The number of hydrogen-bond donors (Lipinski definition) is 1. The summed E-state index contributed by atoms with van der Waals surface area (Å²) >= 11 is 1.70. The summed E-state index contributed by atoms with van der Waals surface area (Å²) in [5.74, 6) is 0.109. The molecule has 2 unspecified atom stereocenters. The van der Waals surface area contributed by atoms with E-state index in [9.17, 15) is 4.79 Å². The third kappa shape index (κ3) is 2.21. The molecule has 4 heteroatoms. The van der Waals surface area contributed by atoms with Crippen LogP contribution in [0.4, 0.5) is 0 Å². The Morgan fingerprint density at radius 2 is 2.53 bits per heavy atom. The first kappa shape index (κ1) is 10.6. The van der Waals surface area contributed by atoms with Crippen LogP contribution in [-0.2, 0) is 11.2 Å². The summed E-state index contributed by atoms with van der Waals surface area (Å²) in [4.78, 5) is 13.6. The zero-order valence-corrected chi connectivity index (χ0v) is 9.67. The quantitative estimate of drug-likeness (QED) is 0.839. The number of likely N-dealkylation sites (tertiary alicyclic amines) is 1. The average Bonchev–Trinajstić information content (AvgIpc) is 2.79. The maximum absolute atomic E-state index is 11.7. The first-order valence-corrected chi connectivity index (χ1v) is 6.20. The molecule has 1 aromatic rings. The van der Waals surface area contributed by atoms with E-state index in [0.29, 0.717) is 0 Å². The molecular formula is C11H16N2OS. The van der Waals surface area contributed by atoms with Gasteiger partial charge < -0.3 is 10.6 Å². The monoisotopic (exact) mass is 224 g/mol. The molecule has 1 aliphatic heterocycles. The van der Waals surface area contributed by atoms with E-state index < -0.39 is 0 Å². The first-order chi connectivity index (χ1) is 7.18. The Morgan fingerprint density at radius 3 is 3.07 bits per heavy atom. The van der Waals surface area contributed by atoms with Crippen molar-refractivity contribution in [3.05, 3.63) is 22.4 Å². The van der Waals surface area contributed by atoms with Gasteiger partial charge in [0.1, 0.15) is 0 Å². The van der Waals surface area contributed by atoms with Gasteiger partial charge in [-0.2, -0.15) is 11.3 Å².